The first-order valence-corrected chi connectivity index (χ1v) is 6.57. The van der Waals surface area contributed by atoms with Gasteiger partial charge in [0.15, 0.2) is 0 Å². The molecule has 2 unspecified atom stereocenters. The number of aromatic nitrogens is 2. The average Bonchev–Trinajstić information content (AvgIpc) is 2.41. The number of hydrogen-bond acceptors (Lipinski definition) is 4. The fourth-order valence-corrected chi connectivity index (χ4v) is 2.55. The summed E-state index contributed by atoms with van der Waals surface area (Å²) in [6.07, 6.45) is 6.53. The number of nitrogens with two attached hydrogens (primary N) is 1. The van der Waals surface area contributed by atoms with Gasteiger partial charge in [-0.15, -0.1) is 0 Å². The van der Waals surface area contributed by atoms with Crippen molar-refractivity contribution in [3.05, 3.63) is 30.5 Å². The second-order valence-corrected chi connectivity index (χ2v) is 4.95. The lowest BCUT2D eigenvalue weighted by molar-refractivity contribution is 0.402. The lowest BCUT2D eigenvalue weighted by Gasteiger charge is -2.29. The van der Waals surface area contributed by atoms with Crippen molar-refractivity contribution in [1.29, 1.82) is 0 Å². The van der Waals surface area contributed by atoms with E-state index in [4.69, 9.17) is 5.73 Å². The Bertz CT molecular complexity index is 540. The number of benzene rings is 1. The number of fused-ring (bicyclic) bond motifs is 1. The van der Waals surface area contributed by atoms with Gasteiger partial charge in [-0.25, -0.2) is 9.97 Å². The van der Waals surface area contributed by atoms with Crippen molar-refractivity contribution in [2.75, 3.05) is 5.32 Å². The van der Waals surface area contributed by atoms with Crippen LogP contribution in [0.4, 0.5) is 5.95 Å². The highest BCUT2D eigenvalue weighted by Gasteiger charge is 2.22. The Morgan fingerprint density at radius 2 is 2.00 bits per heavy atom. The molecule has 3 N–H and O–H groups in total. The lowest BCUT2D eigenvalue weighted by Crippen LogP contribution is -2.42. The standard InChI is InChI=1S/C14H18N4/c15-11-6-2-4-8-13(11)18-14-16-9-10-5-1-3-7-12(10)17-14/h1,3,5,7,9,11,13H,2,4,6,8,15H2,(H,16,17,18). The van der Waals surface area contributed by atoms with Crippen molar-refractivity contribution in [1.82, 2.24) is 9.97 Å². The summed E-state index contributed by atoms with van der Waals surface area (Å²) >= 11 is 0. The monoisotopic (exact) mass is 242 g/mol. The minimum absolute atomic E-state index is 0.217. The molecule has 4 nitrogen and oxygen atoms in total. The van der Waals surface area contributed by atoms with Crippen molar-refractivity contribution >= 4 is 16.9 Å². The van der Waals surface area contributed by atoms with Crippen LogP contribution in [0.1, 0.15) is 25.7 Å². The van der Waals surface area contributed by atoms with E-state index in [-0.39, 0.29) is 6.04 Å². The van der Waals surface area contributed by atoms with E-state index in [1.807, 2.05) is 30.5 Å². The second-order valence-electron chi connectivity index (χ2n) is 4.95. The third kappa shape index (κ3) is 2.29. The summed E-state index contributed by atoms with van der Waals surface area (Å²) in [6, 6.07) is 8.53. The first-order valence-electron chi connectivity index (χ1n) is 6.57. The van der Waals surface area contributed by atoms with Crippen molar-refractivity contribution in [2.24, 2.45) is 5.73 Å². The van der Waals surface area contributed by atoms with Crippen LogP contribution in [0.15, 0.2) is 30.5 Å². The third-order valence-corrected chi connectivity index (χ3v) is 3.62. The van der Waals surface area contributed by atoms with Gasteiger partial charge in [0.1, 0.15) is 0 Å². The maximum Gasteiger partial charge on any atom is 0.223 e. The molecule has 1 aliphatic carbocycles. The Kier molecular flexibility index (Phi) is 3.11. The van der Waals surface area contributed by atoms with Gasteiger partial charge in [-0.1, -0.05) is 31.0 Å². The highest BCUT2D eigenvalue weighted by molar-refractivity contribution is 5.78. The Morgan fingerprint density at radius 3 is 2.89 bits per heavy atom. The molecule has 94 valence electrons. The van der Waals surface area contributed by atoms with Gasteiger partial charge >= 0.3 is 0 Å². The van der Waals surface area contributed by atoms with E-state index < -0.39 is 0 Å². The van der Waals surface area contributed by atoms with Crippen LogP contribution in [-0.4, -0.2) is 22.1 Å². The van der Waals surface area contributed by atoms with Gasteiger partial charge in [-0.2, -0.15) is 0 Å². The molecule has 18 heavy (non-hydrogen) atoms. The topological polar surface area (TPSA) is 63.8 Å². The lowest BCUT2D eigenvalue weighted by atomic mass is 9.91. The molecule has 0 saturated heterocycles. The van der Waals surface area contributed by atoms with E-state index in [9.17, 15) is 0 Å². The number of nitrogens with zero attached hydrogens (tertiary/aromatic N) is 2. The van der Waals surface area contributed by atoms with E-state index in [1.54, 1.807) is 0 Å². The van der Waals surface area contributed by atoms with Gasteiger partial charge in [0.05, 0.1) is 5.52 Å². The zero-order valence-electron chi connectivity index (χ0n) is 10.3. The van der Waals surface area contributed by atoms with Crippen LogP contribution in [-0.2, 0) is 0 Å². The van der Waals surface area contributed by atoms with E-state index in [0.717, 1.165) is 23.7 Å². The van der Waals surface area contributed by atoms with Crippen molar-refractivity contribution in [2.45, 2.75) is 37.8 Å². The van der Waals surface area contributed by atoms with Crippen LogP contribution in [0.2, 0.25) is 0 Å². The SMILES string of the molecule is NC1CCCCC1Nc1ncc2ccccc2n1. The second kappa shape index (κ2) is 4.90. The molecule has 3 rings (SSSR count). The predicted octanol–water partition coefficient (Wildman–Crippen LogP) is 2.31. The molecule has 0 aliphatic heterocycles. The Morgan fingerprint density at radius 1 is 1.17 bits per heavy atom. The molecule has 0 bridgehead atoms. The first kappa shape index (κ1) is 11.4. The molecule has 1 fully saturated rings. The van der Waals surface area contributed by atoms with E-state index in [1.165, 1.54) is 12.8 Å². The highest BCUT2D eigenvalue weighted by atomic mass is 15.1. The Balaban J connectivity index is 1.81. The van der Waals surface area contributed by atoms with Crippen LogP contribution in [0.25, 0.3) is 10.9 Å². The molecule has 1 aromatic heterocycles. The van der Waals surface area contributed by atoms with E-state index in [0.29, 0.717) is 12.0 Å². The Hall–Kier alpha value is -1.68. The van der Waals surface area contributed by atoms with Gasteiger partial charge in [0, 0.05) is 23.7 Å². The molecular formula is C14H18N4. The zero-order chi connectivity index (χ0) is 12.4. The first-order chi connectivity index (χ1) is 8.83. The van der Waals surface area contributed by atoms with Crippen molar-refractivity contribution in [3.63, 3.8) is 0 Å². The van der Waals surface area contributed by atoms with Crippen LogP contribution < -0.4 is 11.1 Å². The van der Waals surface area contributed by atoms with Gasteiger partial charge in [0.2, 0.25) is 5.95 Å². The molecule has 4 heteroatoms. The van der Waals surface area contributed by atoms with Gasteiger partial charge in [-0.3, -0.25) is 0 Å². The fourth-order valence-electron chi connectivity index (χ4n) is 2.55. The number of para-hydroxylation sites is 1. The number of hydrogen-bond donors (Lipinski definition) is 2. The molecule has 1 aromatic carbocycles. The van der Waals surface area contributed by atoms with Gasteiger partial charge < -0.3 is 11.1 Å². The molecule has 0 amide bonds. The van der Waals surface area contributed by atoms with Gasteiger partial charge in [-0.05, 0) is 18.9 Å². The summed E-state index contributed by atoms with van der Waals surface area (Å²) in [7, 11) is 0. The molecule has 1 heterocycles. The normalized spacial score (nSPS) is 24.1. The summed E-state index contributed by atoms with van der Waals surface area (Å²) < 4.78 is 0. The molecule has 1 saturated carbocycles. The molecule has 2 atom stereocenters. The van der Waals surface area contributed by atoms with E-state index in [2.05, 4.69) is 15.3 Å². The number of nitrogens with one attached hydrogen (secondary N) is 1. The maximum atomic E-state index is 6.12. The molecular weight excluding hydrogens is 224 g/mol. The van der Waals surface area contributed by atoms with E-state index >= 15 is 0 Å². The summed E-state index contributed by atoms with van der Waals surface area (Å²) in [4.78, 5) is 8.88. The Labute approximate surface area is 107 Å². The summed E-state index contributed by atoms with van der Waals surface area (Å²) in [5, 5.41) is 4.44. The van der Waals surface area contributed by atoms with Crippen LogP contribution in [0.3, 0.4) is 0 Å². The summed E-state index contributed by atoms with van der Waals surface area (Å²) in [5.74, 6) is 0.691. The van der Waals surface area contributed by atoms with Crippen LogP contribution >= 0.6 is 0 Å². The third-order valence-electron chi connectivity index (χ3n) is 3.62. The van der Waals surface area contributed by atoms with Crippen molar-refractivity contribution < 1.29 is 0 Å². The molecule has 2 aromatic rings. The van der Waals surface area contributed by atoms with Crippen molar-refractivity contribution in [3.8, 4) is 0 Å². The number of rotatable bonds is 2. The number of anilines is 1. The minimum Gasteiger partial charge on any atom is -0.350 e. The molecule has 0 radical (unpaired) electrons. The quantitative estimate of drug-likeness (QED) is 0.848. The predicted molar refractivity (Wildman–Crippen MR) is 73.4 cm³/mol. The smallest absolute Gasteiger partial charge is 0.223 e. The largest absolute Gasteiger partial charge is 0.350 e. The molecule has 1 aliphatic rings. The van der Waals surface area contributed by atoms with Crippen LogP contribution in [0, 0.1) is 0 Å². The van der Waals surface area contributed by atoms with Crippen LogP contribution in [0.5, 0.6) is 0 Å². The average molecular weight is 242 g/mol. The highest BCUT2D eigenvalue weighted by Crippen LogP contribution is 2.20. The summed E-state index contributed by atoms with van der Waals surface area (Å²) in [6.45, 7) is 0. The minimum atomic E-state index is 0.217. The van der Waals surface area contributed by atoms with Gasteiger partial charge in [0.25, 0.3) is 0 Å². The molecule has 0 spiro atoms. The zero-order valence-corrected chi connectivity index (χ0v) is 10.3. The fraction of sp³-hybridized carbons (Fsp3) is 0.429. The summed E-state index contributed by atoms with van der Waals surface area (Å²) in [5.41, 5.74) is 7.09. The maximum absolute atomic E-state index is 6.12.